The first-order chi connectivity index (χ1) is 18.6. The summed E-state index contributed by atoms with van der Waals surface area (Å²) in [6.07, 6.45) is 0.463. The smallest absolute Gasteiger partial charge is 0.203 e. The summed E-state index contributed by atoms with van der Waals surface area (Å²) in [6.45, 7) is 20.1. The van der Waals surface area contributed by atoms with Crippen LogP contribution in [0.4, 0.5) is 0 Å². The maximum Gasteiger partial charge on any atom is 0.203 e. The Hall–Kier alpha value is -2.93. The summed E-state index contributed by atoms with van der Waals surface area (Å²) >= 11 is 0. The Morgan fingerprint density at radius 3 is 2.05 bits per heavy atom. The van der Waals surface area contributed by atoms with Gasteiger partial charge in [-0.15, -0.1) is 0 Å². The highest BCUT2D eigenvalue weighted by molar-refractivity contribution is 6.24. The molecule has 7 heteroatoms. The Labute approximate surface area is 243 Å². The second kappa shape index (κ2) is 9.29. The number of rotatable bonds is 4. The molecule has 3 aliphatic carbocycles. The van der Waals surface area contributed by atoms with Crippen LogP contribution in [0.25, 0.3) is 5.76 Å². The third kappa shape index (κ3) is 3.70. The summed E-state index contributed by atoms with van der Waals surface area (Å²) in [7, 11) is 0. The van der Waals surface area contributed by atoms with Crippen LogP contribution >= 0.6 is 0 Å². The highest BCUT2D eigenvalue weighted by atomic mass is 16.3. The Morgan fingerprint density at radius 1 is 1.02 bits per heavy atom. The largest absolute Gasteiger partial charge is 0.508 e. The molecule has 0 aromatic heterocycles. The van der Waals surface area contributed by atoms with Crippen LogP contribution < -0.4 is 0 Å². The van der Waals surface area contributed by atoms with Gasteiger partial charge in [0.05, 0.1) is 5.56 Å². The lowest BCUT2D eigenvalue weighted by Crippen LogP contribution is -2.73. The van der Waals surface area contributed by atoms with E-state index in [2.05, 4.69) is 0 Å². The van der Waals surface area contributed by atoms with Crippen molar-refractivity contribution in [2.24, 2.45) is 34.5 Å². The number of ketones is 3. The van der Waals surface area contributed by atoms with Crippen LogP contribution in [0.15, 0.2) is 29.0 Å². The number of phenols is 1. The van der Waals surface area contributed by atoms with Crippen LogP contribution in [-0.4, -0.2) is 43.4 Å². The molecule has 41 heavy (non-hydrogen) atoms. The number of fused-ring (bicyclic) bond motifs is 3. The van der Waals surface area contributed by atoms with Gasteiger partial charge >= 0.3 is 0 Å². The van der Waals surface area contributed by atoms with Crippen molar-refractivity contribution in [1.82, 2.24) is 0 Å². The van der Waals surface area contributed by atoms with E-state index >= 15 is 0 Å². The Morgan fingerprint density at radius 2 is 1.59 bits per heavy atom. The molecule has 0 heterocycles. The van der Waals surface area contributed by atoms with Gasteiger partial charge in [0.2, 0.25) is 5.78 Å². The van der Waals surface area contributed by atoms with Crippen LogP contribution in [0.1, 0.15) is 105 Å². The first-order valence-corrected chi connectivity index (χ1v) is 14.7. The van der Waals surface area contributed by atoms with Crippen molar-refractivity contribution in [2.75, 3.05) is 0 Å². The minimum atomic E-state index is -2.65. The molecule has 0 radical (unpaired) electrons. The number of phenolic OH excluding ortho intramolecular Hbond substituents is 1. The van der Waals surface area contributed by atoms with Crippen molar-refractivity contribution in [3.63, 3.8) is 0 Å². The van der Waals surface area contributed by atoms with Crippen LogP contribution in [0.5, 0.6) is 5.75 Å². The van der Waals surface area contributed by atoms with E-state index in [0.29, 0.717) is 17.5 Å². The fourth-order valence-electron chi connectivity index (χ4n) is 8.70. The topological polar surface area (TPSA) is 132 Å². The van der Waals surface area contributed by atoms with E-state index in [-0.39, 0.29) is 28.7 Å². The third-order valence-electron chi connectivity index (χ3n) is 10.7. The zero-order valence-electron chi connectivity index (χ0n) is 26.3. The standard InChI is InChI=1S/C34H46O7/c1-15(2)14-21-32(10)17(5)19-12-13-20(31(7,8)9)26(36)23(19)28(38)25(32)30(40)34(41)29(39)22(18(6)35)27(37)24(16(3)4)33(21,34)11/h12-13,15-17,21,24,36,38-39,41H,14H2,1-11H3/t17-,21-,24?,32-,33-,34+/m1/s1. The van der Waals surface area contributed by atoms with Gasteiger partial charge in [-0.2, -0.15) is 0 Å². The molecule has 1 unspecified atom stereocenters. The Bertz CT molecular complexity index is 1420. The van der Waals surface area contributed by atoms with Crippen LogP contribution in [0.3, 0.4) is 0 Å². The van der Waals surface area contributed by atoms with Crippen LogP contribution in [0.2, 0.25) is 0 Å². The minimum Gasteiger partial charge on any atom is -0.508 e. The van der Waals surface area contributed by atoms with Crippen molar-refractivity contribution in [3.8, 4) is 5.75 Å². The zero-order valence-corrected chi connectivity index (χ0v) is 26.3. The first kappa shape index (κ1) is 31.0. The number of aliphatic hydroxyl groups is 3. The van der Waals surface area contributed by atoms with Gasteiger partial charge in [0.1, 0.15) is 22.8 Å². The highest BCUT2D eigenvalue weighted by Gasteiger charge is 2.76. The van der Waals surface area contributed by atoms with E-state index in [4.69, 9.17) is 0 Å². The van der Waals surface area contributed by atoms with Crippen molar-refractivity contribution in [3.05, 3.63) is 45.7 Å². The van der Waals surface area contributed by atoms with Gasteiger partial charge in [0.15, 0.2) is 17.2 Å². The van der Waals surface area contributed by atoms with Crippen molar-refractivity contribution in [1.29, 1.82) is 0 Å². The molecule has 0 bridgehead atoms. The minimum absolute atomic E-state index is 0.0583. The second-order valence-electron chi connectivity index (χ2n) is 14.8. The van der Waals surface area contributed by atoms with E-state index in [1.54, 1.807) is 6.92 Å². The summed E-state index contributed by atoms with van der Waals surface area (Å²) in [5.41, 5.74) is -4.96. The molecule has 224 valence electrons. The predicted octanol–water partition coefficient (Wildman–Crippen LogP) is 6.32. The summed E-state index contributed by atoms with van der Waals surface area (Å²) in [4.78, 5) is 41.5. The van der Waals surface area contributed by atoms with E-state index in [1.807, 2.05) is 74.4 Å². The molecule has 1 aromatic rings. The lowest BCUT2D eigenvalue weighted by molar-refractivity contribution is -0.200. The van der Waals surface area contributed by atoms with Crippen molar-refractivity contribution >= 4 is 23.1 Å². The van der Waals surface area contributed by atoms with Gasteiger partial charge in [-0.3, -0.25) is 14.4 Å². The molecular weight excluding hydrogens is 520 g/mol. The third-order valence-corrected chi connectivity index (χ3v) is 10.7. The molecule has 1 fully saturated rings. The molecule has 0 saturated heterocycles. The average Bonchev–Trinajstić information content (AvgIpc) is 2.82. The van der Waals surface area contributed by atoms with E-state index in [9.17, 15) is 34.8 Å². The maximum atomic E-state index is 14.8. The summed E-state index contributed by atoms with van der Waals surface area (Å²) in [6, 6.07) is 3.73. The van der Waals surface area contributed by atoms with E-state index in [1.165, 1.54) is 0 Å². The van der Waals surface area contributed by atoms with Crippen molar-refractivity contribution in [2.45, 2.75) is 99.5 Å². The number of Topliss-reactive ketones (excluding diaryl/α,β-unsaturated/α-hetero) is 3. The number of aliphatic hydroxyl groups excluding tert-OH is 2. The van der Waals surface area contributed by atoms with Gasteiger partial charge < -0.3 is 20.4 Å². The molecule has 4 N–H and O–H groups in total. The number of hydrogen-bond donors (Lipinski definition) is 4. The fraction of sp³-hybridized carbons (Fsp3) is 0.618. The first-order valence-electron chi connectivity index (χ1n) is 14.7. The number of allylic oxidation sites excluding steroid dienone is 1. The van der Waals surface area contributed by atoms with E-state index in [0.717, 1.165) is 6.92 Å². The molecular formula is C34H46O7. The Kier molecular flexibility index (Phi) is 7.02. The number of carbonyl (C=O) groups excluding carboxylic acids is 3. The summed E-state index contributed by atoms with van der Waals surface area (Å²) in [5, 5.41) is 47.7. The predicted molar refractivity (Wildman–Crippen MR) is 158 cm³/mol. The number of benzene rings is 1. The molecule has 1 saturated carbocycles. The molecule has 3 aliphatic rings. The normalized spacial score (nSPS) is 33.8. The number of aromatic hydroxyl groups is 1. The van der Waals surface area contributed by atoms with Gasteiger partial charge in [-0.25, -0.2) is 0 Å². The monoisotopic (exact) mass is 566 g/mol. The number of carbonyl (C=O) groups is 3. The quantitative estimate of drug-likeness (QED) is 0.314. The summed E-state index contributed by atoms with van der Waals surface area (Å²) < 4.78 is 0. The average molecular weight is 567 g/mol. The van der Waals surface area contributed by atoms with Gasteiger partial charge in [-0.1, -0.05) is 81.4 Å². The molecule has 0 amide bonds. The van der Waals surface area contributed by atoms with Gasteiger partial charge in [0.25, 0.3) is 0 Å². The lowest BCUT2D eigenvalue weighted by atomic mass is 9.37. The Balaban J connectivity index is 2.23. The maximum absolute atomic E-state index is 14.8. The molecule has 7 nitrogen and oxygen atoms in total. The second-order valence-corrected chi connectivity index (χ2v) is 14.8. The fourth-order valence-corrected chi connectivity index (χ4v) is 8.70. The lowest BCUT2D eigenvalue weighted by Gasteiger charge is -2.66. The van der Waals surface area contributed by atoms with Gasteiger partial charge in [-0.05, 0) is 48.0 Å². The molecule has 0 spiro atoms. The molecule has 6 atom stereocenters. The number of hydrogen-bond acceptors (Lipinski definition) is 7. The SMILES string of the molecule is CC(=O)C1=C(O)[C@]2(O)C(=O)C3=C(O)c4c(ccc(C(C)(C)C)c4O)[C@@H](C)[C@]3(C)[C@@H](CC(C)C)[C@]2(C)C(C(C)C)C1=O. The zero-order chi connectivity index (χ0) is 31.4. The van der Waals surface area contributed by atoms with Crippen LogP contribution in [0, 0.1) is 34.5 Å². The van der Waals surface area contributed by atoms with E-state index < -0.39 is 74.0 Å². The van der Waals surface area contributed by atoms with Crippen molar-refractivity contribution < 1.29 is 34.8 Å². The molecule has 4 rings (SSSR count). The highest BCUT2D eigenvalue weighted by Crippen LogP contribution is 2.71. The van der Waals surface area contributed by atoms with Crippen LogP contribution in [-0.2, 0) is 19.8 Å². The summed E-state index contributed by atoms with van der Waals surface area (Å²) in [5.74, 6) is -6.04. The molecule has 1 aromatic carbocycles. The molecule has 0 aliphatic heterocycles. The van der Waals surface area contributed by atoms with Gasteiger partial charge in [0, 0.05) is 27.9 Å².